The normalized spacial score (nSPS) is 15.0. The van der Waals surface area contributed by atoms with Crippen LogP contribution >= 0.6 is 0 Å². The predicted molar refractivity (Wildman–Crippen MR) is 109 cm³/mol. The largest absolute Gasteiger partial charge is 0.355 e. The van der Waals surface area contributed by atoms with Crippen LogP contribution in [-0.4, -0.2) is 47.0 Å². The number of hydrogen-bond acceptors (Lipinski definition) is 4. The maximum absolute atomic E-state index is 12.8. The molecule has 5 nitrogen and oxygen atoms in total. The Morgan fingerprint density at radius 2 is 1.71 bits per heavy atom. The third-order valence-electron chi connectivity index (χ3n) is 5.21. The Balaban J connectivity index is 1.36. The van der Waals surface area contributed by atoms with Crippen LogP contribution in [0.5, 0.6) is 0 Å². The molecule has 1 saturated heterocycles. The van der Waals surface area contributed by atoms with Crippen LogP contribution in [-0.2, 0) is 6.54 Å². The van der Waals surface area contributed by atoms with Gasteiger partial charge in [0.1, 0.15) is 0 Å². The van der Waals surface area contributed by atoms with E-state index in [1.165, 1.54) is 16.7 Å². The minimum absolute atomic E-state index is 0.0580. The van der Waals surface area contributed by atoms with Gasteiger partial charge in [-0.2, -0.15) is 0 Å². The molecule has 1 aromatic heterocycles. The zero-order valence-corrected chi connectivity index (χ0v) is 16.4. The summed E-state index contributed by atoms with van der Waals surface area (Å²) in [4.78, 5) is 17.0. The summed E-state index contributed by atoms with van der Waals surface area (Å²) >= 11 is 0. The number of nitrogens with zero attached hydrogens (tertiary/aromatic N) is 3. The number of benzene rings is 2. The van der Waals surface area contributed by atoms with Crippen LogP contribution in [0.2, 0.25) is 0 Å². The van der Waals surface area contributed by atoms with Gasteiger partial charge in [0.15, 0.2) is 11.5 Å². The van der Waals surface area contributed by atoms with Gasteiger partial charge in [0.2, 0.25) is 0 Å². The van der Waals surface area contributed by atoms with Gasteiger partial charge in [-0.05, 0) is 19.4 Å². The smallest absolute Gasteiger partial charge is 0.276 e. The first kappa shape index (κ1) is 18.4. The van der Waals surface area contributed by atoms with Crippen LogP contribution in [0.3, 0.4) is 0 Å². The maximum Gasteiger partial charge on any atom is 0.276 e. The van der Waals surface area contributed by atoms with Crippen molar-refractivity contribution in [2.45, 2.75) is 20.4 Å². The van der Waals surface area contributed by atoms with Crippen molar-refractivity contribution in [2.24, 2.45) is 0 Å². The van der Waals surface area contributed by atoms with Gasteiger partial charge < -0.3 is 9.42 Å². The molecule has 0 spiro atoms. The van der Waals surface area contributed by atoms with Crippen molar-refractivity contribution in [3.8, 4) is 11.3 Å². The number of hydrogen-bond donors (Lipinski definition) is 0. The first-order chi connectivity index (χ1) is 13.6. The summed E-state index contributed by atoms with van der Waals surface area (Å²) in [6.45, 7) is 8.21. The average molecular weight is 375 g/mol. The van der Waals surface area contributed by atoms with Gasteiger partial charge in [0.25, 0.3) is 5.91 Å². The van der Waals surface area contributed by atoms with Gasteiger partial charge >= 0.3 is 0 Å². The Kier molecular flexibility index (Phi) is 5.26. The summed E-state index contributed by atoms with van der Waals surface area (Å²) < 4.78 is 5.41. The lowest BCUT2D eigenvalue weighted by molar-refractivity contribution is 0.0618. The Bertz CT molecular complexity index is 954. The molecule has 0 bridgehead atoms. The Labute approximate surface area is 165 Å². The molecule has 144 valence electrons. The molecule has 1 aliphatic rings. The zero-order chi connectivity index (χ0) is 19.5. The molecule has 1 fully saturated rings. The highest BCUT2D eigenvalue weighted by Crippen LogP contribution is 2.22. The molecular weight excluding hydrogens is 350 g/mol. The summed E-state index contributed by atoms with van der Waals surface area (Å²) in [5.74, 6) is 0.568. The minimum atomic E-state index is -0.0580. The van der Waals surface area contributed by atoms with Crippen molar-refractivity contribution < 1.29 is 9.32 Å². The van der Waals surface area contributed by atoms with Crippen LogP contribution in [0.25, 0.3) is 11.3 Å². The van der Waals surface area contributed by atoms with Crippen molar-refractivity contribution in [1.29, 1.82) is 0 Å². The van der Waals surface area contributed by atoms with Crippen LogP contribution in [0, 0.1) is 13.8 Å². The molecule has 1 aliphatic heterocycles. The summed E-state index contributed by atoms with van der Waals surface area (Å²) in [5.41, 5.74) is 5.09. The fourth-order valence-electron chi connectivity index (χ4n) is 3.57. The summed E-state index contributed by atoms with van der Waals surface area (Å²) in [7, 11) is 0. The van der Waals surface area contributed by atoms with Gasteiger partial charge in [0.05, 0.1) is 0 Å². The third kappa shape index (κ3) is 4.15. The van der Waals surface area contributed by atoms with Crippen LogP contribution in [0.15, 0.2) is 59.1 Å². The van der Waals surface area contributed by atoms with E-state index in [1.54, 1.807) is 6.07 Å². The first-order valence-corrected chi connectivity index (χ1v) is 9.69. The van der Waals surface area contributed by atoms with E-state index >= 15 is 0 Å². The number of amides is 1. The molecule has 0 aliphatic carbocycles. The third-order valence-corrected chi connectivity index (χ3v) is 5.21. The highest BCUT2D eigenvalue weighted by molar-refractivity contribution is 5.93. The lowest BCUT2D eigenvalue weighted by atomic mass is 10.1. The maximum atomic E-state index is 12.8. The van der Waals surface area contributed by atoms with Gasteiger partial charge in [-0.25, -0.2) is 0 Å². The van der Waals surface area contributed by atoms with Crippen LogP contribution < -0.4 is 0 Å². The average Bonchev–Trinajstić information content (AvgIpc) is 3.19. The first-order valence-electron chi connectivity index (χ1n) is 9.69. The monoisotopic (exact) mass is 375 g/mol. The van der Waals surface area contributed by atoms with E-state index in [0.717, 1.165) is 25.2 Å². The highest BCUT2D eigenvalue weighted by Gasteiger charge is 2.24. The SMILES string of the molecule is Cc1ccc(-c2cc(C(=O)N3CCN(Cc4cccc(C)c4)CC3)no2)cc1. The number of aromatic nitrogens is 1. The van der Waals surface area contributed by atoms with Crippen LogP contribution in [0.1, 0.15) is 27.2 Å². The van der Waals surface area contributed by atoms with Gasteiger partial charge in [-0.15, -0.1) is 0 Å². The Morgan fingerprint density at radius 1 is 0.964 bits per heavy atom. The minimum Gasteiger partial charge on any atom is -0.355 e. The van der Waals surface area contributed by atoms with Crippen molar-refractivity contribution in [3.05, 3.63) is 77.0 Å². The molecule has 2 aromatic carbocycles. The summed E-state index contributed by atoms with van der Waals surface area (Å²) in [6, 6.07) is 18.3. The number of piperazine rings is 1. The Hall–Kier alpha value is -2.92. The number of rotatable bonds is 4. The molecule has 0 radical (unpaired) electrons. The van der Waals surface area contributed by atoms with Crippen molar-refractivity contribution in [3.63, 3.8) is 0 Å². The second kappa shape index (κ2) is 7.98. The van der Waals surface area contributed by atoms with E-state index in [9.17, 15) is 4.79 Å². The molecule has 0 saturated carbocycles. The fourth-order valence-corrected chi connectivity index (χ4v) is 3.57. The molecule has 0 unspecified atom stereocenters. The van der Waals surface area contributed by atoms with Crippen molar-refractivity contribution in [2.75, 3.05) is 26.2 Å². The van der Waals surface area contributed by atoms with E-state index in [2.05, 4.69) is 41.2 Å². The number of carbonyl (C=O) groups is 1. The van der Waals surface area contributed by atoms with E-state index in [1.807, 2.05) is 36.1 Å². The van der Waals surface area contributed by atoms with Crippen LogP contribution in [0.4, 0.5) is 0 Å². The fraction of sp³-hybridized carbons (Fsp3) is 0.304. The molecule has 28 heavy (non-hydrogen) atoms. The van der Waals surface area contributed by atoms with Gasteiger partial charge in [-0.1, -0.05) is 64.8 Å². The predicted octanol–water partition coefficient (Wildman–Crippen LogP) is 3.92. The zero-order valence-electron chi connectivity index (χ0n) is 16.4. The molecule has 5 heteroatoms. The van der Waals surface area contributed by atoms with E-state index in [4.69, 9.17) is 4.52 Å². The van der Waals surface area contributed by atoms with Crippen molar-refractivity contribution >= 4 is 5.91 Å². The quantitative estimate of drug-likeness (QED) is 0.694. The summed E-state index contributed by atoms with van der Waals surface area (Å²) in [6.07, 6.45) is 0. The van der Waals surface area contributed by atoms with E-state index in [0.29, 0.717) is 24.5 Å². The number of aryl methyl sites for hydroxylation is 2. The second-order valence-electron chi connectivity index (χ2n) is 7.50. The molecule has 3 aromatic rings. The summed E-state index contributed by atoms with van der Waals surface area (Å²) in [5, 5.41) is 4.01. The molecular formula is C23H25N3O2. The second-order valence-corrected chi connectivity index (χ2v) is 7.50. The molecule has 4 rings (SSSR count). The standard InChI is InChI=1S/C23H25N3O2/c1-17-6-8-20(9-7-17)22-15-21(24-28-22)23(27)26-12-10-25(11-13-26)16-19-5-3-4-18(2)14-19/h3-9,14-15H,10-13,16H2,1-2H3. The number of carbonyl (C=O) groups excluding carboxylic acids is 1. The molecule has 0 N–H and O–H groups in total. The van der Waals surface area contributed by atoms with Gasteiger partial charge in [-0.3, -0.25) is 9.69 Å². The van der Waals surface area contributed by atoms with Gasteiger partial charge in [0, 0.05) is 44.4 Å². The topological polar surface area (TPSA) is 49.6 Å². The van der Waals surface area contributed by atoms with E-state index in [-0.39, 0.29) is 5.91 Å². The lowest BCUT2D eigenvalue weighted by Gasteiger charge is -2.34. The molecule has 1 amide bonds. The molecule has 0 atom stereocenters. The Morgan fingerprint density at radius 3 is 2.43 bits per heavy atom. The van der Waals surface area contributed by atoms with E-state index < -0.39 is 0 Å². The highest BCUT2D eigenvalue weighted by atomic mass is 16.5. The van der Waals surface area contributed by atoms with Crippen molar-refractivity contribution in [1.82, 2.24) is 15.0 Å². The molecule has 2 heterocycles. The lowest BCUT2D eigenvalue weighted by Crippen LogP contribution is -2.48.